The predicted molar refractivity (Wildman–Crippen MR) is 80.7 cm³/mol. The molecule has 0 aromatic heterocycles. The van der Waals surface area contributed by atoms with E-state index < -0.39 is 0 Å². The second-order valence-electron chi connectivity index (χ2n) is 5.87. The molecule has 0 amide bonds. The lowest BCUT2D eigenvalue weighted by Crippen LogP contribution is -2.57. The summed E-state index contributed by atoms with van der Waals surface area (Å²) in [6.45, 7) is 7.55. The first-order valence-corrected chi connectivity index (χ1v) is 7.46. The molecule has 0 heterocycles. The average molecular weight is 261 g/mol. The summed E-state index contributed by atoms with van der Waals surface area (Å²) in [4.78, 5) is 0. The van der Waals surface area contributed by atoms with Gasteiger partial charge in [0, 0.05) is 13.2 Å². The van der Waals surface area contributed by atoms with E-state index in [-0.39, 0.29) is 5.60 Å². The molecule has 2 rings (SSSR count). The molecule has 0 spiro atoms. The summed E-state index contributed by atoms with van der Waals surface area (Å²) in [5.74, 6) is 0. The topological polar surface area (TPSA) is 21.3 Å². The van der Waals surface area contributed by atoms with Crippen LogP contribution in [0.2, 0.25) is 0 Å². The van der Waals surface area contributed by atoms with E-state index in [9.17, 15) is 0 Å². The normalized spacial score (nSPS) is 18.9. The molecule has 1 saturated carbocycles. The number of hydrogen-bond acceptors (Lipinski definition) is 2. The van der Waals surface area contributed by atoms with Crippen molar-refractivity contribution in [2.24, 2.45) is 0 Å². The smallest absolute Gasteiger partial charge is 0.0834 e. The molecule has 1 atom stereocenters. The molecule has 1 N–H and O–H groups in total. The Balaban J connectivity index is 2.18. The van der Waals surface area contributed by atoms with Crippen LogP contribution in [0.4, 0.5) is 0 Å². The van der Waals surface area contributed by atoms with Gasteiger partial charge >= 0.3 is 0 Å². The van der Waals surface area contributed by atoms with E-state index in [0.717, 1.165) is 13.0 Å². The molecule has 0 radical (unpaired) electrons. The highest BCUT2D eigenvalue weighted by atomic mass is 16.5. The molecule has 1 aromatic rings. The highest BCUT2D eigenvalue weighted by Gasteiger charge is 2.44. The van der Waals surface area contributed by atoms with Crippen molar-refractivity contribution in [1.29, 1.82) is 0 Å². The Hall–Kier alpha value is -0.860. The maximum absolute atomic E-state index is 5.87. The van der Waals surface area contributed by atoms with Gasteiger partial charge in [-0.25, -0.2) is 0 Å². The van der Waals surface area contributed by atoms with Gasteiger partial charge in [-0.1, -0.05) is 30.7 Å². The van der Waals surface area contributed by atoms with Crippen molar-refractivity contribution in [3.63, 3.8) is 0 Å². The molecule has 1 fully saturated rings. The fraction of sp³-hybridized carbons (Fsp3) is 0.647. The first-order valence-electron chi connectivity index (χ1n) is 7.46. The van der Waals surface area contributed by atoms with Crippen molar-refractivity contribution in [1.82, 2.24) is 5.32 Å². The molecule has 1 aliphatic rings. The summed E-state index contributed by atoms with van der Waals surface area (Å²) in [6, 6.07) is 7.17. The van der Waals surface area contributed by atoms with Crippen molar-refractivity contribution >= 4 is 0 Å². The van der Waals surface area contributed by atoms with Crippen LogP contribution in [0.15, 0.2) is 18.2 Å². The van der Waals surface area contributed by atoms with E-state index in [0.29, 0.717) is 6.04 Å². The summed E-state index contributed by atoms with van der Waals surface area (Å²) in [5.41, 5.74) is 4.25. The zero-order valence-corrected chi connectivity index (χ0v) is 12.8. The molecule has 0 saturated heterocycles. The zero-order chi connectivity index (χ0) is 13.9. The molecular weight excluding hydrogens is 234 g/mol. The Morgan fingerprint density at radius 1 is 1.32 bits per heavy atom. The summed E-state index contributed by atoms with van der Waals surface area (Å²) >= 11 is 0. The van der Waals surface area contributed by atoms with Crippen LogP contribution in [0, 0.1) is 13.8 Å². The predicted octanol–water partition coefficient (Wildman–Crippen LogP) is 3.39. The van der Waals surface area contributed by atoms with E-state index in [2.05, 4.69) is 44.3 Å². The Morgan fingerprint density at radius 3 is 2.58 bits per heavy atom. The van der Waals surface area contributed by atoms with Crippen molar-refractivity contribution < 1.29 is 4.74 Å². The van der Waals surface area contributed by atoms with Gasteiger partial charge in [-0.15, -0.1) is 0 Å². The van der Waals surface area contributed by atoms with Crippen molar-refractivity contribution in [3.05, 3.63) is 34.9 Å². The quantitative estimate of drug-likeness (QED) is 0.847. The van der Waals surface area contributed by atoms with Crippen molar-refractivity contribution in [3.8, 4) is 0 Å². The fourth-order valence-electron chi connectivity index (χ4n) is 3.15. The number of nitrogens with one attached hydrogen (secondary N) is 1. The lowest BCUT2D eigenvalue weighted by atomic mass is 9.72. The van der Waals surface area contributed by atoms with E-state index >= 15 is 0 Å². The number of aryl methyl sites for hydroxylation is 2. The molecule has 106 valence electrons. The van der Waals surface area contributed by atoms with Gasteiger partial charge < -0.3 is 10.1 Å². The third kappa shape index (κ3) is 3.01. The Bertz CT molecular complexity index is 418. The molecule has 0 bridgehead atoms. The Labute approximate surface area is 117 Å². The minimum absolute atomic E-state index is 0.0617. The van der Waals surface area contributed by atoms with Gasteiger partial charge in [0.1, 0.15) is 0 Å². The monoisotopic (exact) mass is 261 g/mol. The fourth-order valence-corrected chi connectivity index (χ4v) is 3.15. The highest BCUT2D eigenvalue weighted by molar-refractivity contribution is 5.31. The van der Waals surface area contributed by atoms with E-state index in [1.54, 1.807) is 0 Å². The average Bonchev–Trinajstić information content (AvgIpc) is 2.33. The molecule has 1 aliphatic carbocycles. The lowest BCUT2D eigenvalue weighted by molar-refractivity contribution is -0.0978. The van der Waals surface area contributed by atoms with Crippen LogP contribution in [0.1, 0.15) is 42.9 Å². The Kier molecular flexibility index (Phi) is 4.64. The summed E-state index contributed by atoms with van der Waals surface area (Å²) < 4.78 is 5.87. The van der Waals surface area contributed by atoms with Gasteiger partial charge in [0.15, 0.2) is 0 Å². The highest BCUT2D eigenvalue weighted by Crippen LogP contribution is 2.39. The van der Waals surface area contributed by atoms with Gasteiger partial charge in [-0.05, 0) is 57.2 Å². The maximum Gasteiger partial charge on any atom is 0.0834 e. The van der Waals surface area contributed by atoms with Gasteiger partial charge in [-0.3, -0.25) is 0 Å². The summed E-state index contributed by atoms with van der Waals surface area (Å²) in [5, 5.41) is 3.65. The Morgan fingerprint density at radius 2 is 2.05 bits per heavy atom. The summed E-state index contributed by atoms with van der Waals surface area (Å²) in [7, 11) is 1.87. The zero-order valence-electron chi connectivity index (χ0n) is 12.8. The van der Waals surface area contributed by atoms with Gasteiger partial charge in [0.05, 0.1) is 5.60 Å². The van der Waals surface area contributed by atoms with Crippen LogP contribution in [-0.4, -0.2) is 25.3 Å². The van der Waals surface area contributed by atoms with Crippen LogP contribution < -0.4 is 5.32 Å². The second-order valence-corrected chi connectivity index (χ2v) is 5.87. The SMILES string of the molecule is CCNC(Cc1cc(C)ccc1C)C1(OC)CCC1. The number of likely N-dealkylation sites (N-methyl/N-ethyl adjacent to an activating group) is 1. The van der Waals surface area contributed by atoms with Gasteiger partial charge in [0.2, 0.25) is 0 Å². The van der Waals surface area contributed by atoms with Crippen LogP contribution in [0.3, 0.4) is 0 Å². The molecule has 2 heteroatoms. The van der Waals surface area contributed by atoms with E-state index in [4.69, 9.17) is 4.74 Å². The second kappa shape index (κ2) is 6.06. The molecule has 1 aromatic carbocycles. The van der Waals surface area contributed by atoms with Gasteiger partial charge in [-0.2, -0.15) is 0 Å². The van der Waals surface area contributed by atoms with Gasteiger partial charge in [0.25, 0.3) is 0 Å². The third-order valence-corrected chi connectivity index (χ3v) is 4.62. The first kappa shape index (κ1) is 14.5. The number of methoxy groups -OCH3 is 1. The number of ether oxygens (including phenoxy) is 1. The minimum Gasteiger partial charge on any atom is -0.377 e. The molecule has 1 unspecified atom stereocenters. The summed E-state index contributed by atoms with van der Waals surface area (Å²) in [6.07, 6.45) is 4.73. The standard InChI is InChI=1S/C17H27NO/c1-5-18-16(17(19-4)9-6-10-17)12-15-11-13(2)7-8-14(15)3/h7-8,11,16,18H,5-6,9-10,12H2,1-4H3. The largest absolute Gasteiger partial charge is 0.377 e. The third-order valence-electron chi connectivity index (χ3n) is 4.62. The molecule has 2 nitrogen and oxygen atoms in total. The lowest BCUT2D eigenvalue weighted by Gasteiger charge is -2.47. The number of hydrogen-bond donors (Lipinski definition) is 1. The van der Waals surface area contributed by atoms with Crippen molar-refractivity contribution in [2.45, 2.75) is 58.1 Å². The van der Waals surface area contributed by atoms with E-state index in [1.807, 2.05) is 7.11 Å². The van der Waals surface area contributed by atoms with Crippen LogP contribution in [0.5, 0.6) is 0 Å². The first-order chi connectivity index (χ1) is 9.11. The molecular formula is C17H27NO. The van der Waals surface area contributed by atoms with Crippen LogP contribution >= 0.6 is 0 Å². The maximum atomic E-state index is 5.87. The number of rotatable bonds is 6. The van der Waals surface area contributed by atoms with Crippen LogP contribution in [-0.2, 0) is 11.2 Å². The molecule has 19 heavy (non-hydrogen) atoms. The van der Waals surface area contributed by atoms with E-state index in [1.165, 1.54) is 36.0 Å². The minimum atomic E-state index is 0.0617. The number of benzene rings is 1. The molecule has 0 aliphatic heterocycles. The van der Waals surface area contributed by atoms with Crippen molar-refractivity contribution in [2.75, 3.05) is 13.7 Å². The van der Waals surface area contributed by atoms with Crippen LogP contribution in [0.25, 0.3) is 0 Å².